The standard InChI is InChI=1S/C21H22FN7O3/c1-31-18-8-19(32-2)26-21(25-18)28-11-13-9-27(10-14(13)12-28)20(30)16-7-15(22)3-4-17(16)29-23-5-6-24-29/h3-8,13-14H,9-12H2,1-2H3. The number of methoxy groups -OCH3 is 2. The molecule has 5 rings (SSSR count). The van der Waals surface area contributed by atoms with Crippen molar-refractivity contribution in [3.63, 3.8) is 0 Å². The van der Waals surface area contributed by atoms with Crippen LogP contribution in [-0.2, 0) is 0 Å². The summed E-state index contributed by atoms with van der Waals surface area (Å²) in [5.41, 5.74) is 0.704. The maximum Gasteiger partial charge on any atom is 0.256 e. The summed E-state index contributed by atoms with van der Waals surface area (Å²) in [7, 11) is 3.10. The Morgan fingerprint density at radius 1 is 0.969 bits per heavy atom. The molecule has 1 amide bonds. The molecule has 0 saturated carbocycles. The monoisotopic (exact) mass is 439 g/mol. The molecule has 166 valence electrons. The molecule has 0 spiro atoms. The molecule has 2 unspecified atom stereocenters. The minimum atomic E-state index is -0.473. The first-order chi connectivity index (χ1) is 15.6. The number of carbonyl (C=O) groups excluding carboxylic acids is 1. The molecule has 2 fully saturated rings. The van der Waals surface area contributed by atoms with Crippen molar-refractivity contribution >= 4 is 11.9 Å². The second kappa shape index (κ2) is 8.06. The van der Waals surface area contributed by atoms with Crippen molar-refractivity contribution in [3.8, 4) is 17.4 Å². The average Bonchev–Trinajstić information content (AvgIpc) is 3.55. The second-order valence-electron chi connectivity index (χ2n) is 7.87. The summed E-state index contributed by atoms with van der Waals surface area (Å²) in [4.78, 5) is 27.4. The Bertz CT molecular complexity index is 1100. The lowest BCUT2D eigenvalue weighted by Gasteiger charge is -2.23. The Morgan fingerprint density at radius 3 is 2.19 bits per heavy atom. The average molecular weight is 439 g/mol. The van der Waals surface area contributed by atoms with Gasteiger partial charge in [-0.2, -0.15) is 25.0 Å². The fourth-order valence-corrected chi connectivity index (χ4v) is 4.43. The minimum absolute atomic E-state index is 0.225. The van der Waals surface area contributed by atoms with Gasteiger partial charge in [0.2, 0.25) is 17.7 Å². The van der Waals surface area contributed by atoms with Gasteiger partial charge in [0, 0.05) is 38.0 Å². The van der Waals surface area contributed by atoms with Crippen LogP contribution in [0.25, 0.3) is 5.69 Å². The van der Waals surface area contributed by atoms with E-state index in [1.807, 2.05) is 0 Å². The molecule has 2 saturated heterocycles. The molecular weight excluding hydrogens is 417 g/mol. The van der Waals surface area contributed by atoms with Gasteiger partial charge >= 0.3 is 0 Å². The minimum Gasteiger partial charge on any atom is -0.481 e. The fraction of sp³-hybridized carbons (Fsp3) is 0.381. The first kappa shape index (κ1) is 20.2. The van der Waals surface area contributed by atoms with Crippen LogP contribution in [0.15, 0.2) is 36.7 Å². The smallest absolute Gasteiger partial charge is 0.256 e. The Kier molecular flexibility index (Phi) is 5.08. The lowest BCUT2D eigenvalue weighted by molar-refractivity contribution is 0.0781. The first-order valence-corrected chi connectivity index (χ1v) is 10.2. The first-order valence-electron chi connectivity index (χ1n) is 10.2. The van der Waals surface area contributed by atoms with Gasteiger partial charge in [-0.1, -0.05) is 0 Å². The number of hydrogen-bond donors (Lipinski definition) is 0. The highest BCUT2D eigenvalue weighted by Crippen LogP contribution is 2.35. The van der Waals surface area contributed by atoms with Crippen molar-refractivity contribution in [2.24, 2.45) is 11.8 Å². The summed E-state index contributed by atoms with van der Waals surface area (Å²) in [5, 5.41) is 8.17. The summed E-state index contributed by atoms with van der Waals surface area (Å²) in [6.45, 7) is 2.57. The Labute approximate surface area is 183 Å². The second-order valence-corrected chi connectivity index (χ2v) is 7.87. The Balaban J connectivity index is 1.33. The number of likely N-dealkylation sites (tertiary alicyclic amines) is 1. The molecule has 2 aliphatic rings. The van der Waals surface area contributed by atoms with Crippen LogP contribution in [0.5, 0.6) is 11.8 Å². The molecule has 4 heterocycles. The number of amides is 1. The zero-order valence-corrected chi connectivity index (χ0v) is 17.7. The molecule has 0 radical (unpaired) electrons. The molecule has 2 aliphatic heterocycles. The Hall–Kier alpha value is -3.76. The summed E-state index contributed by atoms with van der Waals surface area (Å²) in [6, 6.07) is 5.70. The van der Waals surface area contributed by atoms with E-state index in [9.17, 15) is 9.18 Å². The quantitative estimate of drug-likeness (QED) is 0.589. The van der Waals surface area contributed by atoms with Crippen LogP contribution in [0, 0.1) is 17.7 Å². The molecule has 0 aliphatic carbocycles. The number of hydrogen-bond acceptors (Lipinski definition) is 8. The molecule has 11 heteroatoms. The largest absolute Gasteiger partial charge is 0.481 e. The summed E-state index contributed by atoms with van der Waals surface area (Å²) in [5.74, 6) is 1.25. The van der Waals surface area contributed by atoms with E-state index >= 15 is 0 Å². The number of anilines is 1. The third-order valence-corrected chi connectivity index (χ3v) is 5.97. The van der Waals surface area contributed by atoms with Gasteiger partial charge in [-0.25, -0.2) is 4.39 Å². The van der Waals surface area contributed by atoms with E-state index in [-0.39, 0.29) is 23.3 Å². The molecule has 0 N–H and O–H groups in total. The predicted octanol–water partition coefficient (Wildman–Crippen LogP) is 1.42. The highest BCUT2D eigenvalue weighted by Gasteiger charge is 2.43. The lowest BCUT2D eigenvalue weighted by Crippen LogP contribution is -2.34. The number of nitrogens with zero attached hydrogens (tertiary/aromatic N) is 7. The molecule has 3 aromatic rings. The summed E-state index contributed by atoms with van der Waals surface area (Å²) < 4.78 is 24.5. The van der Waals surface area contributed by atoms with E-state index < -0.39 is 5.82 Å². The van der Waals surface area contributed by atoms with Crippen LogP contribution < -0.4 is 14.4 Å². The van der Waals surface area contributed by atoms with E-state index in [1.165, 1.54) is 35.4 Å². The fourth-order valence-electron chi connectivity index (χ4n) is 4.43. The van der Waals surface area contributed by atoms with Crippen molar-refractivity contribution < 1.29 is 18.7 Å². The van der Waals surface area contributed by atoms with Gasteiger partial charge in [-0.3, -0.25) is 4.79 Å². The number of benzene rings is 1. The van der Waals surface area contributed by atoms with Gasteiger partial charge < -0.3 is 19.3 Å². The molecule has 0 bridgehead atoms. The van der Waals surface area contributed by atoms with Crippen LogP contribution in [0.3, 0.4) is 0 Å². The van der Waals surface area contributed by atoms with Crippen molar-refractivity contribution in [1.82, 2.24) is 29.9 Å². The highest BCUT2D eigenvalue weighted by atomic mass is 19.1. The highest BCUT2D eigenvalue weighted by molar-refractivity contribution is 5.98. The molecule has 10 nitrogen and oxygen atoms in total. The third kappa shape index (κ3) is 3.59. The van der Waals surface area contributed by atoms with E-state index in [2.05, 4.69) is 25.1 Å². The van der Waals surface area contributed by atoms with Gasteiger partial charge in [0.25, 0.3) is 5.91 Å². The zero-order chi connectivity index (χ0) is 22.2. The zero-order valence-electron chi connectivity index (χ0n) is 17.7. The third-order valence-electron chi connectivity index (χ3n) is 5.97. The van der Waals surface area contributed by atoms with E-state index in [0.29, 0.717) is 49.6 Å². The summed E-state index contributed by atoms with van der Waals surface area (Å²) >= 11 is 0. The molecule has 1 aromatic carbocycles. The molecular formula is C21H22FN7O3. The van der Waals surface area contributed by atoms with Crippen molar-refractivity contribution in [2.75, 3.05) is 45.3 Å². The van der Waals surface area contributed by atoms with Gasteiger partial charge in [0.1, 0.15) is 5.82 Å². The van der Waals surface area contributed by atoms with Crippen LogP contribution in [0.2, 0.25) is 0 Å². The molecule has 2 atom stereocenters. The van der Waals surface area contributed by atoms with Crippen LogP contribution in [0.1, 0.15) is 10.4 Å². The topological polar surface area (TPSA) is 98.5 Å². The van der Waals surface area contributed by atoms with Crippen molar-refractivity contribution in [1.29, 1.82) is 0 Å². The molecule has 32 heavy (non-hydrogen) atoms. The predicted molar refractivity (Wildman–Crippen MR) is 112 cm³/mol. The van der Waals surface area contributed by atoms with Crippen molar-refractivity contribution in [2.45, 2.75) is 0 Å². The SMILES string of the molecule is COc1cc(OC)nc(N2CC3CN(C(=O)c4cc(F)ccc4-n4nccn4)CC3C2)n1. The van der Waals surface area contributed by atoms with Crippen LogP contribution in [0.4, 0.5) is 10.3 Å². The van der Waals surface area contributed by atoms with E-state index in [0.717, 1.165) is 0 Å². The number of aromatic nitrogens is 5. The van der Waals surface area contributed by atoms with Crippen LogP contribution >= 0.6 is 0 Å². The molecule has 2 aromatic heterocycles. The maximum absolute atomic E-state index is 14.0. The van der Waals surface area contributed by atoms with E-state index in [4.69, 9.17) is 9.47 Å². The normalized spacial score (nSPS) is 19.8. The summed E-state index contributed by atoms with van der Waals surface area (Å²) in [6.07, 6.45) is 3.03. The van der Waals surface area contributed by atoms with Gasteiger partial charge in [0.15, 0.2) is 0 Å². The Morgan fingerprint density at radius 2 is 1.59 bits per heavy atom. The maximum atomic E-state index is 14.0. The van der Waals surface area contributed by atoms with Gasteiger partial charge in [0.05, 0.1) is 43.9 Å². The van der Waals surface area contributed by atoms with Gasteiger partial charge in [-0.05, 0) is 18.2 Å². The number of halogens is 1. The number of fused-ring (bicyclic) bond motifs is 1. The van der Waals surface area contributed by atoms with Gasteiger partial charge in [-0.15, -0.1) is 0 Å². The van der Waals surface area contributed by atoms with Crippen molar-refractivity contribution in [3.05, 3.63) is 48.0 Å². The number of ether oxygens (including phenoxy) is 2. The van der Waals surface area contributed by atoms with Crippen LogP contribution in [-0.4, -0.2) is 76.2 Å². The number of rotatable bonds is 5. The van der Waals surface area contributed by atoms with E-state index in [1.54, 1.807) is 25.2 Å². The lowest BCUT2D eigenvalue weighted by atomic mass is 10.0. The number of carbonyl (C=O) groups is 1.